The van der Waals surface area contributed by atoms with E-state index in [2.05, 4.69) is 18.0 Å². The molecular weight excluding hydrogens is 200 g/mol. The molecule has 0 radical (unpaired) electrons. The van der Waals surface area contributed by atoms with Gasteiger partial charge < -0.3 is 4.90 Å². The minimum Gasteiger partial charge on any atom is -0.334 e. The van der Waals surface area contributed by atoms with Crippen molar-refractivity contribution < 1.29 is 4.79 Å². The number of aryl methyl sites for hydroxylation is 1. The molecule has 1 aliphatic rings. The standard InChI is InChI=1S/C13H18N2O/c1-10-6-5-8-14-13(10)12-7-3-4-9-15(12)11(2)16/h5-6,8,12H,3-4,7,9H2,1-2H3. The molecule has 0 aliphatic carbocycles. The Morgan fingerprint density at radius 2 is 2.31 bits per heavy atom. The van der Waals surface area contributed by atoms with Crippen LogP contribution in [0.25, 0.3) is 0 Å². The van der Waals surface area contributed by atoms with Gasteiger partial charge in [0, 0.05) is 19.7 Å². The van der Waals surface area contributed by atoms with Gasteiger partial charge in [-0.3, -0.25) is 9.78 Å². The topological polar surface area (TPSA) is 33.2 Å². The molecule has 1 saturated heterocycles. The number of hydrogen-bond donors (Lipinski definition) is 0. The summed E-state index contributed by atoms with van der Waals surface area (Å²) in [5, 5.41) is 0. The van der Waals surface area contributed by atoms with Crippen LogP contribution < -0.4 is 0 Å². The summed E-state index contributed by atoms with van der Waals surface area (Å²) in [6.07, 6.45) is 5.15. The van der Waals surface area contributed by atoms with Crippen molar-refractivity contribution in [3.63, 3.8) is 0 Å². The number of nitrogens with zero attached hydrogens (tertiary/aromatic N) is 2. The monoisotopic (exact) mass is 218 g/mol. The van der Waals surface area contributed by atoms with Gasteiger partial charge in [-0.1, -0.05) is 6.07 Å². The molecule has 1 atom stereocenters. The number of hydrogen-bond acceptors (Lipinski definition) is 2. The van der Waals surface area contributed by atoms with Crippen molar-refractivity contribution in [3.05, 3.63) is 29.6 Å². The van der Waals surface area contributed by atoms with Crippen LogP contribution in [0.2, 0.25) is 0 Å². The molecule has 1 aromatic rings. The van der Waals surface area contributed by atoms with Gasteiger partial charge >= 0.3 is 0 Å². The molecule has 1 amide bonds. The summed E-state index contributed by atoms with van der Waals surface area (Å²) in [4.78, 5) is 18.0. The van der Waals surface area contributed by atoms with Crippen molar-refractivity contribution in [3.8, 4) is 0 Å². The Bertz CT molecular complexity index is 389. The molecule has 2 heterocycles. The van der Waals surface area contributed by atoms with E-state index in [1.165, 1.54) is 12.0 Å². The third kappa shape index (κ3) is 2.08. The van der Waals surface area contributed by atoms with Gasteiger partial charge in [-0.15, -0.1) is 0 Å². The maximum absolute atomic E-state index is 11.6. The van der Waals surface area contributed by atoms with Crippen LogP contribution in [0, 0.1) is 6.92 Å². The Morgan fingerprint density at radius 1 is 1.50 bits per heavy atom. The first-order valence-corrected chi connectivity index (χ1v) is 5.89. The lowest BCUT2D eigenvalue weighted by atomic mass is 9.96. The van der Waals surface area contributed by atoms with Crippen molar-refractivity contribution in [2.75, 3.05) is 6.54 Å². The van der Waals surface area contributed by atoms with Gasteiger partial charge in [0.05, 0.1) is 11.7 Å². The molecule has 1 aromatic heterocycles. The predicted octanol–water partition coefficient (Wildman–Crippen LogP) is 2.46. The average Bonchev–Trinajstić information content (AvgIpc) is 2.29. The van der Waals surface area contributed by atoms with Crippen molar-refractivity contribution in [2.45, 2.75) is 39.2 Å². The molecule has 1 aliphatic heterocycles. The highest BCUT2D eigenvalue weighted by atomic mass is 16.2. The summed E-state index contributed by atoms with van der Waals surface area (Å²) >= 11 is 0. The molecule has 3 nitrogen and oxygen atoms in total. The molecule has 0 N–H and O–H groups in total. The number of aromatic nitrogens is 1. The molecule has 86 valence electrons. The molecular formula is C13H18N2O. The summed E-state index contributed by atoms with van der Waals surface area (Å²) in [7, 11) is 0. The zero-order valence-corrected chi connectivity index (χ0v) is 9.94. The number of carbonyl (C=O) groups is 1. The lowest BCUT2D eigenvalue weighted by Gasteiger charge is -2.35. The Balaban J connectivity index is 2.30. The predicted molar refractivity (Wildman–Crippen MR) is 63.0 cm³/mol. The second kappa shape index (κ2) is 4.64. The van der Waals surface area contributed by atoms with Gasteiger partial charge in [0.25, 0.3) is 0 Å². The van der Waals surface area contributed by atoms with Crippen molar-refractivity contribution >= 4 is 5.91 Å². The Hall–Kier alpha value is -1.38. The number of pyridine rings is 1. The van der Waals surface area contributed by atoms with Crippen LogP contribution in [0.5, 0.6) is 0 Å². The molecule has 16 heavy (non-hydrogen) atoms. The minimum atomic E-state index is 0.162. The van der Waals surface area contributed by atoms with Gasteiger partial charge in [-0.25, -0.2) is 0 Å². The maximum atomic E-state index is 11.6. The van der Waals surface area contributed by atoms with E-state index in [9.17, 15) is 4.79 Å². The molecule has 2 rings (SSSR count). The van der Waals surface area contributed by atoms with Gasteiger partial charge in [-0.2, -0.15) is 0 Å². The lowest BCUT2D eigenvalue weighted by Crippen LogP contribution is -2.37. The van der Waals surface area contributed by atoms with Crippen LogP contribution in [0.1, 0.15) is 43.5 Å². The first kappa shape index (κ1) is 11.1. The molecule has 0 saturated carbocycles. The van der Waals surface area contributed by atoms with Crippen LogP contribution in [0.4, 0.5) is 0 Å². The van der Waals surface area contributed by atoms with E-state index >= 15 is 0 Å². The fourth-order valence-corrected chi connectivity index (χ4v) is 2.44. The van der Waals surface area contributed by atoms with Crippen LogP contribution in [-0.4, -0.2) is 22.3 Å². The van der Waals surface area contributed by atoms with E-state index in [1.54, 1.807) is 6.92 Å². The number of piperidine rings is 1. The minimum absolute atomic E-state index is 0.162. The van der Waals surface area contributed by atoms with E-state index in [4.69, 9.17) is 0 Å². The van der Waals surface area contributed by atoms with E-state index in [0.29, 0.717) is 0 Å². The van der Waals surface area contributed by atoms with E-state index in [1.807, 2.05) is 17.2 Å². The average molecular weight is 218 g/mol. The quantitative estimate of drug-likeness (QED) is 0.725. The van der Waals surface area contributed by atoms with E-state index < -0.39 is 0 Å². The Labute approximate surface area is 96.5 Å². The first-order chi connectivity index (χ1) is 7.70. The van der Waals surface area contributed by atoms with Gasteiger partial charge in [0.2, 0.25) is 5.91 Å². The van der Waals surface area contributed by atoms with E-state index in [0.717, 1.165) is 25.1 Å². The largest absolute Gasteiger partial charge is 0.334 e. The maximum Gasteiger partial charge on any atom is 0.220 e. The second-order valence-electron chi connectivity index (χ2n) is 4.43. The molecule has 1 fully saturated rings. The fourth-order valence-electron chi connectivity index (χ4n) is 2.44. The number of likely N-dealkylation sites (tertiary alicyclic amines) is 1. The van der Waals surface area contributed by atoms with Gasteiger partial charge in [0.1, 0.15) is 0 Å². The molecule has 3 heteroatoms. The highest BCUT2D eigenvalue weighted by Crippen LogP contribution is 2.31. The first-order valence-electron chi connectivity index (χ1n) is 5.89. The summed E-state index contributed by atoms with van der Waals surface area (Å²) in [6.45, 7) is 4.59. The van der Waals surface area contributed by atoms with E-state index in [-0.39, 0.29) is 11.9 Å². The molecule has 0 bridgehead atoms. The van der Waals surface area contributed by atoms with Crippen molar-refractivity contribution in [2.24, 2.45) is 0 Å². The second-order valence-corrected chi connectivity index (χ2v) is 4.43. The zero-order valence-electron chi connectivity index (χ0n) is 9.94. The Kier molecular flexibility index (Phi) is 3.22. The summed E-state index contributed by atoms with van der Waals surface area (Å²) in [5.74, 6) is 0.162. The number of amides is 1. The van der Waals surface area contributed by atoms with Crippen LogP contribution >= 0.6 is 0 Å². The third-order valence-electron chi connectivity index (χ3n) is 3.27. The fraction of sp³-hybridized carbons (Fsp3) is 0.538. The lowest BCUT2D eigenvalue weighted by molar-refractivity contribution is -0.132. The normalized spacial score (nSPS) is 20.9. The van der Waals surface area contributed by atoms with Gasteiger partial charge in [0.15, 0.2) is 0 Å². The highest BCUT2D eigenvalue weighted by molar-refractivity contribution is 5.73. The van der Waals surface area contributed by atoms with Crippen LogP contribution in [-0.2, 0) is 4.79 Å². The summed E-state index contributed by atoms with van der Waals surface area (Å²) in [6, 6.07) is 4.20. The highest BCUT2D eigenvalue weighted by Gasteiger charge is 2.27. The van der Waals surface area contributed by atoms with Crippen molar-refractivity contribution in [1.82, 2.24) is 9.88 Å². The SMILES string of the molecule is CC(=O)N1CCCCC1c1ncccc1C. The molecule has 0 aromatic carbocycles. The Morgan fingerprint density at radius 3 is 3.00 bits per heavy atom. The third-order valence-corrected chi connectivity index (χ3v) is 3.27. The van der Waals surface area contributed by atoms with Crippen molar-refractivity contribution in [1.29, 1.82) is 0 Å². The van der Waals surface area contributed by atoms with Crippen LogP contribution in [0.3, 0.4) is 0 Å². The van der Waals surface area contributed by atoms with Gasteiger partial charge in [-0.05, 0) is 37.8 Å². The van der Waals surface area contributed by atoms with Crippen LogP contribution in [0.15, 0.2) is 18.3 Å². The molecule has 0 spiro atoms. The molecule has 1 unspecified atom stereocenters. The zero-order chi connectivity index (χ0) is 11.5. The number of rotatable bonds is 1. The number of carbonyl (C=O) groups excluding carboxylic acids is 1. The smallest absolute Gasteiger partial charge is 0.220 e. The summed E-state index contributed by atoms with van der Waals surface area (Å²) < 4.78 is 0. The summed E-state index contributed by atoms with van der Waals surface area (Å²) in [5.41, 5.74) is 2.25.